The molecule has 3 heteroatoms. The van der Waals surface area contributed by atoms with E-state index in [1.54, 1.807) is 11.3 Å². The molecule has 0 fully saturated rings. The topological polar surface area (TPSA) is 24.9 Å². The van der Waals surface area contributed by atoms with Crippen molar-refractivity contribution in [1.29, 1.82) is 0 Å². The fourth-order valence-corrected chi connectivity index (χ4v) is 2.94. The smallest absolute Gasteiger partial charge is 0.111 e. The van der Waals surface area contributed by atoms with E-state index in [0.29, 0.717) is 12.0 Å². The molecule has 2 rings (SSSR count). The highest BCUT2D eigenvalue weighted by molar-refractivity contribution is 7.18. The number of para-hydroxylation sites is 1. The van der Waals surface area contributed by atoms with E-state index in [1.165, 1.54) is 9.71 Å². The molecule has 2 aromatic rings. The third-order valence-electron chi connectivity index (χ3n) is 2.66. The SMILES string of the molecule is CNC(CC(C)C)c1nc2ccccc2s1. The molecule has 1 aromatic heterocycles. The highest BCUT2D eigenvalue weighted by Gasteiger charge is 2.15. The van der Waals surface area contributed by atoms with Gasteiger partial charge in [0.25, 0.3) is 0 Å². The summed E-state index contributed by atoms with van der Waals surface area (Å²) >= 11 is 1.80. The Hall–Kier alpha value is -0.930. The number of hydrogen-bond donors (Lipinski definition) is 1. The first kappa shape index (κ1) is 11.6. The van der Waals surface area contributed by atoms with Gasteiger partial charge >= 0.3 is 0 Å². The van der Waals surface area contributed by atoms with E-state index in [4.69, 9.17) is 4.98 Å². The summed E-state index contributed by atoms with van der Waals surface area (Å²) in [7, 11) is 2.01. The Bertz CT molecular complexity index is 429. The number of thiazole rings is 1. The van der Waals surface area contributed by atoms with Gasteiger partial charge in [-0.1, -0.05) is 26.0 Å². The van der Waals surface area contributed by atoms with Crippen molar-refractivity contribution < 1.29 is 0 Å². The summed E-state index contributed by atoms with van der Waals surface area (Å²) in [6.07, 6.45) is 1.14. The molecule has 1 aromatic carbocycles. The third kappa shape index (κ3) is 2.42. The lowest BCUT2D eigenvalue weighted by Gasteiger charge is -2.15. The average Bonchev–Trinajstić information content (AvgIpc) is 2.68. The molecule has 0 aliphatic carbocycles. The second kappa shape index (κ2) is 4.93. The Balaban J connectivity index is 2.30. The van der Waals surface area contributed by atoms with Crippen molar-refractivity contribution in [3.63, 3.8) is 0 Å². The summed E-state index contributed by atoms with van der Waals surface area (Å²) in [6.45, 7) is 4.50. The molecule has 1 heterocycles. The second-order valence-electron chi connectivity index (χ2n) is 4.49. The van der Waals surface area contributed by atoms with Crippen molar-refractivity contribution in [2.24, 2.45) is 5.92 Å². The summed E-state index contributed by atoms with van der Waals surface area (Å²) < 4.78 is 1.28. The molecule has 16 heavy (non-hydrogen) atoms. The number of rotatable bonds is 4. The zero-order valence-electron chi connectivity index (χ0n) is 10.0. The number of benzene rings is 1. The first-order chi connectivity index (χ1) is 7.70. The van der Waals surface area contributed by atoms with Gasteiger partial charge in [-0.3, -0.25) is 0 Å². The number of nitrogens with zero attached hydrogens (tertiary/aromatic N) is 1. The van der Waals surface area contributed by atoms with Crippen molar-refractivity contribution >= 4 is 21.6 Å². The summed E-state index contributed by atoms with van der Waals surface area (Å²) in [6, 6.07) is 8.72. The van der Waals surface area contributed by atoms with Crippen LogP contribution in [0.1, 0.15) is 31.3 Å². The summed E-state index contributed by atoms with van der Waals surface area (Å²) in [5.41, 5.74) is 1.12. The highest BCUT2D eigenvalue weighted by Crippen LogP contribution is 2.29. The van der Waals surface area contributed by atoms with Gasteiger partial charge in [0, 0.05) is 0 Å². The van der Waals surface area contributed by atoms with Crippen molar-refractivity contribution in [2.45, 2.75) is 26.3 Å². The van der Waals surface area contributed by atoms with Crippen molar-refractivity contribution in [1.82, 2.24) is 10.3 Å². The fourth-order valence-electron chi connectivity index (χ4n) is 1.85. The minimum atomic E-state index is 0.386. The molecular weight excluding hydrogens is 216 g/mol. The van der Waals surface area contributed by atoms with Crippen LogP contribution >= 0.6 is 11.3 Å². The van der Waals surface area contributed by atoms with Crippen LogP contribution in [0.4, 0.5) is 0 Å². The Kier molecular flexibility index (Phi) is 3.56. The fraction of sp³-hybridized carbons (Fsp3) is 0.462. The molecule has 2 nitrogen and oxygen atoms in total. The van der Waals surface area contributed by atoms with Gasteiger partial charge in [-0.2, -0.15) is 0 Å². The minimum absolute atomic E-state index is 0.386. The van der Waals surface area contributed by atoms with Crippen molar-refractivity contribution in [3.05, 3.63) is 29.3 Å². The van der Waals surface area contributed by atoms with E-state index in [2.05, 4.69) is 37.4 Å². The van der Waals surface area contributed by atoms with Gasteiger partial charge in [-0.05, 0) is 31.5 Å². The van der Waals surface area contributed by atoms with Gasteiger partial charge in [-0.15, -0.1) is 11.3 Å². The zero-order chi connectivity index (χ0) is 11.5. The van der Waals surface area contributed by atoms with Crippen LogP contribution in [0.15, 0.2) is 24.3 Å². The number of fused-ring (bicyclic) bond motifs is 1. The Labute approximate surface area is 101 Å². The molecule has 0 radical (unpaired) electrons. The van der Waals surface area contributed by atoms with Gasteiger partial charge in [0.15, 0.2) is 0 Å². The highest BCUT2D eigenvalue weighted by atomic mass is 32.1. The molecule has 0 spiro atoms. The standard InChI is InChI=1S/C13H18N2S/c1-9(2)8-11(14-3)13-15-10-6-4-5-7-12(10)16-13/h4-7,9,11,14H,8H2,1-3H3. The van der Waals surface area contributed by atoms with Gasteiger partial charge in [0.1, 0.15) is 5.01 Å². The molecule has 1 atom stereocenters. The monoisotopic (exact) mass is 234 g/mol. The van der Waals surface area contributed by atoms with Crippen LogP contribution in [-0.4, -0.2) is 12.0 Å². The molecule has 0 aliphatic heterocycles. The summed E-state index contributed by atoms with van der Waals surface area (Å²) in [4.78, 5) is 4.69. The lowest BCUT2D eigenvalue weighted by molar-refractivity contribution is 0.456. The maximum Gasteiger partial charge on any atom is 0.111 e. The van der Waals surface area contributed by atoms with E-state index in [0.717, 1.165) is 11.9 Å². The van der Waals surface area contributed by atoms with E-state index in [1.807, 2.05) is 13.1 Å². The second-order valence-corrected chi connectivity index (χ2v) is 5.55. The molecule has 0 aliphatic rings. The molecular formula is C13H18N2S. The molecule has 0 saturated heterocycles. The van der Waals surface area contributed by atoms with Gasteiger partial charge in [-0.25, -0.2) is 4.98 Å². The van der Waals surface area contributed by atoms with Crippen LogP contribution in [0.2, 0.25) is 0 Å². The molecule has 0 amide bonds. The van der Waals surface area contributed by atoms with Crippen LogP contribution in [0.5, 0.6) is 0 Å². The average molecular weight is 234 g/mol. The van der Waals surface area contributed by atoms with Crippen LogP contribution in [0.3, 0.4) is 0 Å². The first-order valence-electron chi connectivity index (χ1n) is 5.73. The quantitative estimate of drug-likeness (QED) is 0.874. The lowest BCUT2D eigenvalue weighted by Crippen LogP contribution is -2.17. The number of aromatic nitrogens is 1. The zero-order valence-corrected chi connectivity index (χ0v) is 10.8. The molecule has 0 bridgehead atoms. The molecule has 0 saturated carbocycles. The predicted octanol–water partition coefficient (Wildman–Crippen LogP) is 3.60. The van der Waals surface area contributed by atoms with E-state index < -0.39 is 0 Å². The van der Waals surface area contributed by atoms with Crippen molar-refractivity contribution in [3.8, 4) is 0 Å². The minimum Gasteiger partial charge on any atom is -0.311 e. The maximum atomic E-state index is 4.69. The van der Waals surface area contributed by atoms with E-state index in [9.17, 15) is 0 Å². The molecule has 1 N–H and O–H groups in total. The first-order valence-corrected chi connectivity index (χ1v) is 6.55. The van der Waals surface area contributed by atoms with Crippen molar-refractivity contribution in [2.75, 3.05) is 7.05 Å². The van der Waals surface area contributed by atoms with Gasteiger partial charge in [0.2, 0.25) is 0 Å². The number of nitrogens with one attached hydrogen (secondary N) is 1. The van der Waals surface area contributed by atoms with Crippen LogP contribution in [0, 0.1) is 5.92 Å². The Morgan fingerprint density at radius 3 is 2.69 bits per heavy atom. The maximum absolute atomic E-state index is 4.69. The summed E-state index contributed by atoms with van der Waals surface area (Å²) in [5, 5.41) is 4.56. The third-order valence-corrected chi connectivity index (χ3v) is 3.81. The largest absolute Gasteiger partial charge is 0.311 e. The Morgan fingerprint density at radius 2 is 2.06 bits per heavy atom. The Morgan fingerprint density at radius 1 is 1.31 bits per heavy atom. The molecule has 1 unspecified atom stereocenters. The lowest BCUT2D eigenvalue weighted by atomic mass is 10.0. The normalized spacial score (nSPS) is 13.5. The van der Waals surface area contributed by atoms with Crippen LogP contribution in [0.25, 0.3) is 10.2 Å². The number of hydrogen-bond acceptors (Lipinski definition) is 3. The van der Waals surface area contributed by atoms with Crippen LogP contribution < -0.4 is 5.32 Å². The predicted molar refractivity (Wildman–Crippen MR) is 70.9 cm³/mol. The van der Waals surface area contributed by atoms with E-state index in [-0.39, 0.29) is 0 Å². The van der Waals surface area contributed by atoms with E-state index >= 15 is 0 Å². The van der Waals surface area contributed by atoms with Gasteiger partial charge < -0.3 is 5.32 Å². The van der Waals surface area contributed by atoms with Crippen LogP contribution in [-0.2, 0) is 0 Å². The van der Waals surface area contributed by atoms with Gasteiger partial charge in [0.05, 0.1) is 16.3 Å². The summed E-state index contributed by atoms with van der Waals surface area (Å²) in [5.74, 6) is 0.685. The molecule has 86 valence electrons.